The molecule has 0 heterocycles. The normalized spacial score (nSPS) is 14.7. The van der Waals surface area contributed by atoms with E-state index in [1.807, 2.05) is 38.1 Å². The van der Waals surface area contributed by atoms with Crippen LogP contribution in [-0.4, -0.2) is 43.8 Å². The van der Waals surface area contributed by atoms with Gasteiger partial charge in [0.2, 0.25) is 11.8 Å². The van der Waals surface area contributed by atoms with Crippen LogP contribution in [0.2, 0.25) is 10.0 Å². The maximum Gasteiger partial charge on any atom is 0.264 e. The van der Waals surface area contributed by atoms with Gasteiger partial charge in [0.05, 0.1) is 10.6 Å². The van der Waals surface area contributed by atoms with Crippen LogP contribution in [0.3, 0.4) is 0 Å². The topological polar surface area (TPSA) is 86.8 Å². The minimum Gasteiger partial charge on any atom is -0.352 e. The molecule has 4 rings (SSSR count). The lowest BCUT2D eigenvalue weighted by atomic mass is 9.95. The Kier molecular flexibility index (Phi) is 10.9. The number of carbonyl (C=O) groups excluding carboxylic acids is 2. The van der Waals surface area contributed by atoms with Crippen molar-refractivity contribution in [2.75, 3.05) is 10.8 Å². The van der Waals surface area contributed by atoms with E-state index in [-0.39, 0.29) is 39.1 Å². The Bertz CT molecular complexity index is 1470. The van der Waals surface area contributed by atoms with Crippen LogP contribution in [0.5, 0.6) is 0 Å². The fourth-order valence-corrected chi connectivity index (χ4v) is 7.34. The molecule has 7 nitrogen and oxygen atoms in total. The summed E-state index contributed by atoms with van der Waals surface area (Å²) < 4.78 is 28.9. The van der Waals surface area contributed by atoms with Crippen molar-refractivity contribution in [1.82, 2.24) is 10.2 Å². The molecule has 0 radical (unpaired) electrons. The van der Waals surface area contributed by atoms with Gasteiger partial charge in [-0.1, -0.05) is 97.4 Å². The van der Waals surface area contributed by atoms with E-state index >= 15 is 0 Å². The van der Waals surface area contributed by atoms with Crippen LogP contribution in [0.25, 0.3) is 0 Å². The molecule has 3 aromatic carbocycles. The summed E-state index contributed by atoms with van der Waals surface area (Å²) in [7, 11) is -4.20. The van der Waals surface area contributed by atoms with E-state index in [0.29, 0.717) is 6.42 Å². The summed E-state index contributed by atoms with van der Waals surface area (Å²) in [5.74, 6) is -0.744. The molecule has 1 aliphatic rings. The summed E-state index contributed by atoms with van der Waals surface area (Å²) in [5, 5.41) is 3.62. The second-order valence-electron chi connectivity index (χ2n) is 10.7. The van der Waals surface area contributed by atoms with Crippen LogP contribution in [0.15, 0.2) is 77.7 Å². The number of anilines is 1. The number of halogens is 2. The van der Waals surface area contributed by atoms with E-state index in [9.17, 15) is 18.0 Å². The second kappa shape index (κ2) is 14.4. The lowest BCUT2D eigenvalue weighted by molar-refractivity contribution is -0.140. The van der Waals surface area contributed by atoms with E-state index in [0.717, 1.165) is 47.5 Å². The number of benzene rings is 3. The molecule has 1 fully saturated rings. The molecule has 1 N–H and O–H groups in total. The smallest absolute Gasteiger partial charge is 0.264 e. The van der Waals surface area contributed by atoms with Crippen molar-refractivity contribution >= 4 is 50.7 Å². The van der Waals surface area contributed by atoms with Gasteiger partial charge >= 0.3 is 0 Å². The number of nitrogens with zero attached hydrogens (tertiary/aromatic N) is 2. The molecule has 1 aliphatic carbocycles. The molecule has 1 atom stereocenters. The monoisotopic (exact) mass is 629 g/mol. The van der Waals surface area contributed by atoms with Crippen molar-refractivity contribution in [2.45, 2.75) is 75.9 Å². The summed E-state index contributed by atoms with van der Waals surface area (Å²) in [6.07, 6.45) is 5.45. The van der Waals surface area contributed by atoms with E-state index in [2.05, 4.69) is 5.32 Å². The number of rotatable bonds is 11. The molecule has 0 saturated heterocycles. The molecule has 2 amide bonds. The van der Waals surface area contributed by atoms with Gasteiger partial charge in [-0.25, -0.2) is 8.42 Å². The molecule has 0 aromatic heterocycles. The Morgan fingerprint density at radius 3 is 2.21 bits per heavy atom. The lowest BCUT2D eigenvalue weighted by Crippen LogP contribution is -2.54. The highest BCUT2D eigenvalue weighted by Crippen LogP contribution is 2.30. The first-order valence-electron chi connectivity index (χ1n) is 14.3. The predicted octanol–water partition coefficient (Wildman–Crippen LogP) is 6.75. The molecule has 0 bridgehead atoms. The minimum atomic E-state index is -4.20. The summed E-state index contributed by atoms with van der Waals surface area (Å²) in [6, 6.07) is 19.3. The number of hydrogen-bond donors (Lipinski definition) is 1. The highest BCUT2D eigenvalue weighted by Gasteiger charge is 2.34. The zero-order valence-electron chi connectivity index (χ0n) is 23.9. The first-order chi connectivity index (χ1) is 20.1. The second-order valence-corrected chi connectivity index (χ2v) is 13.5. The van der Waals surface area contributed by atoms with Gasteiger partial charge in [0.1, 0.15) is 12.6 Å². The van der Waals surface area contributed by atoms with Crippen LogP contribution in [0, 0.1) is 6.92 Å². The Hall–Kier alpha value is -3.07. The van der Waals surface area contributed by atoms with Gasteiger partial charge in [0.15, 0.2) is 0 Å². The third kappa shape index (κ3) is 8.06. The summed E-state index contributed by atoms with van der Waals surface area (Å²) in [6.45, 7) is 3.41. The number of sulfonamides is 1. The fraction of sp³-hybridized carbons (Fsp3) is 0.375. The van der Waals surface area contributed by atoms with Crippen LogP contribution < -0.4 is 9.62 Å². The largest absolute Gasteiger partial charge is 0.352 e. The summed E-state index contributed by atoms with van der Waals surface area (Å²) in [5.41, 5.74) is 2.01. The van der Waals surface area contributed by atoms with Crippen LogP contribution >= 0.6 is 23.2 Å². The van der Waals surface area contributed by atoms with Crippen molar-refractivity contribution in [1.29, 1.82) is 0 Å². The average molecular weight is 631 g/mol. The SMILES string of the molecule is CCC(C(=O)NC1CCCCC1)N(Cc1cccc(C)c1)C(=O)CN(c1cc(Cl)cc(Cl)c1)S(=O)(=O)c1ccccc1. The first-order valence-corrected chi connectivity index (χ1v) is 16.5. The number of hydrogen-bond acceptors (Lipinski definition) is 4. The zero-order chi connectivity index (χ0) is 30.3. The number of aryl methyl sites for hydroxylation is 1. The quantitative estimate of drug-likeness (QED) is 0.254. The standard InChI is InChI=1S/C32H37Cl2N3O4S/c1-3-30(32(39)35-27-13-6-4-7-14-27)36(21-24-12-10-11-23(2)17-24)31(38)22-37(28-19-25(33)18-26(34)20-28)42(40,41)29-15-8-5-9-16-29/h5,8-12,15-20,27,30H,3-4,6-7,13-14,21-22H2,1-2H3,(H,35,39). The summed E-state index contributed by atoms with van der Waals surface area (Å²) in [4.78, 5) is 29.4. The predicted molar refractivity (Wildman–Crippen MR) is 168 cm³/mol. The maximum atomic E-state index is 14.2. The van der Waals surface area contributed by atoms with Gasteiger partial charge < -0.3 is 10.2 Å². The number of nitrogens with one attached hydrogen (secondary N) is 1. The van der Waals surface area contributed by atoms with Crippen LogP contribution in [0.4, 0.5) is 5.69 Å². The molecule has 42 heavy (non-hydrogen) atoms. The Labute approximate surface area is 258 Å². The van der Waals surface area contributed by atoms with Gasteiger partial charge in [0.25, 0.3) is 10.0 Å². The van der Waals surface area contributed by atoms with Crippen molar-refractivity contribution < 1.29 is 18.0 Å². The first kappa shape index (κ1) is 31.9. The Morgan fingerprint density at radius 2 is 1.60 bits per heavy atom. The van der Waals surface area contributed by atoms with Gasteiger partial charge in [0, 0.05) is 22.6 Å². The molecular formula is C32H37Cl2N3O4S. The van der Waals surface area contributed by atoms with Crippen molar-refractivity contribution in [3.8, 4) is 0 Å². The fourth-order valence-electron chi connectivity index (χ4n) is 5.40. The van der Waals surface area contributed by atoms with E-state index in [1.54, 1.807) is 18.2 Å². The van der Waals surface area contributed by atoms with E-state index in [4.69, 9.17) is 23.2 Å². The Balaban J connectivity index is 1.72. The van der Waals surface area contributed by atoms with E-state index in [1.165, 1.54) is 35.2 Å². The third-order valence-electron chi connectivity index (χ3n) is 7.52. The zero-order valence-corrected chi connectivity index (χ0v) is 26.3. The molecule has 10 heteroatoms. The van der Waals surface area contributed by atoms with E-state index < -0.39 is 28.5 Å². The molecular weight excluding hydrogens is 593 g/mol. The van der Waals surface area contributed by atoms with Gasteiger partial charge in [-0.15, -0.1) is 0 Å². The highest BCUT2D eigenvalue weighted by atomic mass is 35.5. The maximum absolute atomic E-state index is 14.2. The molecule has 1 unspecified atom stereocenters. The molecule has 224 valence electrons. The van der Waals surface area contributed by atoms with Crippen molar-refractivity contribution in [3.63, 3.8) is 0 Å². The number of amides is 2. The highest BCUT2D eigenvalue weighted by molar-refractivity contribution is 7.92. The van der Waals surface area contributed by atoms with Crippen LogP contribution in [-0.2, 0) is 26.2 Å². The van der Waals surface area contributed by atoms with Crippen LogP contribution in [0.1, 0.15) is 56.6 Å². The molecule has 3 aromatic rings. The number of carbonyl (C=O) groups is 2. The Morgan fingerprint density at radius 1 is 0.929 bits per heavy atom. The third-order valence-corrected chi connectivity index (χ3v) is 9.74. The molecule has 1 saturated carbocycles. The molecule has 0 aliphatic heterocycles. The summed E-state index contributed by atoms with van der Waals surface area (Å²) >= 11 is 12.5. The average Bonchev–Trinajstić information content (AvgIpc) is 2.96. The minimum absolute atomic E-state index is 0.0150. The van der Waals surface area contributed by atoms with Crippen molar-refractivity contribution in [3.05, 3.63) is 94.0 Å². The molecule has 0 spiro atoms. The van der Waals surface area contributed by atoms with Crippen molar-refractivity contribution in [2.24, 2.45) is 0 Å². The van der Waals surface area contributed by atoms with Gasteiger partial charge in [-0.05, 0) is 62.1 Å². The van der Waals surface area contributed by atoms with Gasteiger partial charge in [-0.2, -0.15) is 0 Å². The lowest BCUT2D eigenvalue weighted by Gasteiger charge is -2.34. The van der Waals surface area contributed by atoms with Gasteiger partial charge in [-0.3, -0.25) is 13.9 Å².